The molecule has 41 heavy (non-hydrogen) atoms. The highest BCUT2D eigenvalue weighted by atomic mass is 35.5. The van der Waals surface area contributed by atoms with E-state index in [0.717, 1.165) is 15.4 Å². The van der Waals surface area contributed by atoms with Gasteiger partial charge in [-0.15, -0.1) is 0 Å². The van der Waals surface area contributed by atoms with E-state index in [1.165, 1.54) is 17.0 Å². The smallest absolute Gasteiger partial charge is 0.264 e. The zero-order chi connectivity index (χ0) is 30.5. The number of hydrogen-bond acceptors (Lipinski definition) is 4. The molecule has 0 aliphatic rings. The van der Waals surface area contributed by atoms with Crippen molar-refractivity contribution >= 4 is 50.7 Å². The lowest BCUT2D eigenvalue weighted by atomic mass is 10.1. The van der Waals surface area contributed by atoms with Crippen molar-refractivity contribution in [2.45, 2.75) is 71.0 Å². The Morgan fingerprint density at radius 1 is 0.878 bits per heavy atom. The standard InChI is InChI=1S/C31H37Cl2N3O4S/c1-7-28(30(38)34-31(4,5)6)35(19-23-12-17-26(32)27(33)18-23)29(37)20-36(24-13-8-21(2)9-14-24)41(39,40)25-15-10-22(3)11-16-25/h8-18,28H,7,19-20H2,1-6H3,(H,34,38). The van der Waals surface area contributed by atoms with Crippen molar-refractivity contribution in [2.75, 3.05) is 10.8 Å². The zero-order valence-electron chi connectivity index (χ0n) is 24.2. The number of carbonyl (C=O) groups is 2. The van der Waals surface area contributed by atoms with Crippen LogP contribution in [0.5, 0.6) is 0 Å². The molecule has 0 aromatic heterocycles. The van der Waals surface area contributed by atoms with Crippen molar-refractivity contribution in [1.29, 1.82) is 0 Å². The van der Waals surface area contributed by atoms with Gasteiger partial charge >= 0.3 is 0 Å². The number of hydrogen-bond donors (Lipinski definition) is 1. The largest absolute Gasteiger partial charge is 0.350 e. The first kappa shape index (κ1) is 32.4. The van der Waals surface area contributed by atoms with Crippen LogP contribution in [0.3, 0.4) is 0 Å². The average Bonchev–Trinajstić information content (AvgIpc) is 2.89. The highest BCUT2D eigenvalue weighted by molar-refractivity contribution is 7.92. The molecule has 1 unspecified atom stereocenters. The fraction of sp³-hybridized carbons (Fsp3) is 0.355. The van der Waals surface area contributed by atoms with E-state index >= 15 is 0 Å². The number of sulfonamides is 1. The van der Waals surface area contributed by atoms with Gasteiger partial charge in [0.25, 0.3) is 10.0 Å². The summed E-state index contributed by atoms with van der Waals surface area (Å²) in [6.07, 6.45) is 0.310. The number of benzene rings is 3. The van der Waals surface area contributed by atoms with E-state index in [2.05, 4.69) is 5.32 Å². The molecular formula is C31H37Cl2N3O4S. The average molecular weight is 619 g/mol. The van der Waals surface area contributed by atoms with Crippen LogP contribution in [-0.4, -0.2) is 43.3 Å². The van der Waals surface area contributed by atoms with E-state index < -0.39 is 34.1 Å². The predicted molar refractivity (Wildman–Crippen MR) is 166 cm³/mol. The summed E-state index contributed by atoms with van der Waals surface area (Å²) in [6.45, 7) is 10.7. The molecule has 0 bridgehead atoms. The highest BCUT2D eigenvalue weighted by Gasteiger charge is 2.34. The van der Waals surface area contributed by atoms with Crippen molar-refractivity contribution in [3.8, 4) is 0 Å². The van der Waals surface area contributed by atoms with Crippen molar-refractivity contribution in [3.63, 3.8) is 0 Å². The molecule has 0 radical (unpaired) electrons. The second-order valence-electron chi connectivity index (χ2n) is 11.1. The molecule has 0 aliphatic heterocycles. The van der Waals surface area contributed by atoms with Gasteiger partial charge < -0.3 is 10.2 Å². The van der Waals surface area contributed by atoms with Crippen LogP contribution >= 0.6 is 23.2 Å². The Kier molecular flexibility index (Phi) is 10.5. The molecule has 0 fully saturated rings. The van der Waals surface area contributed by atoms with Gasteiger partial charge in [-0.2, -0.15) is 0 Å². The Morgan fingerprint density at radius 3 is 1.95 bits per heavy atom. The third-order valence-corrected chi connectivity index (χ3v) is 8.96. The number of amides is 2. The third kappa shape index (κ3) is 8.47. The molecule has 10 heteroatoms. The molecule has 220 valence electrons. The highest BCUT2D eigenvalue weighted by Crippen LogP contribution is 2.27. The van der Waals surface area contributed by atoms with E-state index in [9.17, 15) is 18.0 Å². The van der Waals surface area contributed by atoms with Crippen LogP contribution in [0, 0.1) is 13.8 Å². The first-order chi connectivity index (χ1) is 19.1. The topological polar surface area (TPSA) is 86.8 Å². The van der Waals surface area contributed by atoms with Gasteiger partial charge in [0, 0.05) is 12.1 Å². The van der Waals surface area contributed by atoms with E-state index in [0.29, 0.717) is 27.7 Å². The fourth-order valence-corrected chi connectivity index (χ4v) is 6.02. The summed E-state index contributed by atoms with van der Waals surface area (Å²) in [5.74, 6) is -0.875. The minimum Gasteiger partial charge on any atom is -0.350 e. The van der Waals surface area contributed by atoms with Crippen molar-refractivity contribution < 1.29 is 18.0 Å². The first-order valence-corrected chi connectivity index (χ1v) is 15.5. The molecule has 3 aromatic rings. The summed E-state index contributed by atoms with van der Waals surface area (Å²) in [5, 5.41) is 3.63. The Bertz CT molecular complexity index is 1490. The molecule has 0 spiro atoms. The molecule has 1 atom stereocenters. The summed E-state index contributed by atoms with van der Waals surface area (Å²) in [4.78, 5) is 29.0. The molecule has 0 heterocycles. The van der Waals surface area contributed by atoms with Gasteiger partial charge in [0.1, 0.15) is 12.6 Å². The van der Waals surface area contributed by atoms with Crippen LogP contribution in [0.15, 0.2) is 71.6 Å². The van der Waals surface area contributed by atoms with Gasteiger partial charge in [-0.05, 0) is 83.0 Å². The summed E-state index contributed by atoms with van der Waals surface area (Å²) < 4.78 is 29.0. The molecule has 0 saturated carbocycles. The van der Waals surface area contributed by atoms with Crippen LogP contribution in [0.25, 0.3) is 0 Å². The van der Waals surface area contributed by atoms with E-state index in [1.807, 2.05) is 41.5 Å². The van der Waals surface area contributed by atoms with Gasteiger partial charge in [0.2, 0.25) is 11.8 Å². The van der Waals surface area contributed by atoms with Gasteiger partial charge in [-0.25, -0.2) is 8.42 Å². The summed E-state index contributed by atoms with van der Waals surface area (Å²) in [7, 11) is -4.13. The maximum Gasteiger partial charge on any atom is 0.264 e. The number of nitrogens with zero attached hydrogens (tertiary/aromatic N) is 2. The van der Waals surface area contributed by atoms with Crippen molar-refractivity contribution in [1.82, 2.24) is 10.2 Å². The minimum atomic E-state index is -4.13. The van der Waals surface area contributed by atoms with Crippen LogP contribution in [-0.2, 0) is 26.2 Å². The van der Waals surface area contributed by atoms with E-state index in [-0.39, 0.29) is 17.3 Å². The maximum absolute atomic E-state index is 14.1. The normalized spacial score (nSPS) is 12.5. The van der Waals surface area contributed by atoms with Crippen LogP contribution < -0.4 is 9.62 Å². The summed E-state index contributed by atoms with van der Waals surface area (Å²) in [6, 6.07) is 17.5. The number of aryl methyl sites for hydroxylation is 2. The molecule has 1 N–H and O–H groups in total. The Labute approximate surface area is 253 Å². The molecule has 0 aliphatic carbocycles. The van der Waals surface area contributed by atoms with E-state index in [4.69, 9.17) is 23.2 Å². The lowest BCUT2D eigenvalue weighted by molar-refractivity contribution is -0.141. The molecule has 3 aromatic carbocycles. The molecule has 2 amide bonds. The molecule has 3 rings (SSSR count). The molecule has 0 saturated heterocycles. The molecule has 7 nitrogen and oxygen atoms in total. The SMILES string of the molecule is CCC(C(=O)NC(C)(C)C)N(Cc1ccc(Cl)c(Cl)c1)C(=O)CN(c1ccc(C)cc1)S(=O)(=O)c1ccc(C)cc1. The fourth-order valence-electron chi connectivity index (χ4n) is 4.28. The lowest BCUT2D eigenvalue weighted by Gasteiger charge is -2.35. The zero-order valence-corrected chi connectivity index (χ0v) is 26.6. The Hall–Kier alpha value is -3.07. The van der Waals surface area contributed by atoms with Gasteiger partial charge in [-0.1, -0.05) is 71.6 Å². The number of nitrogens with one attached hydrogen (secondary N) is 1. The Morgan fingerprint density at radius 2 is 1.44 bits per heavy atom. The first-order valence-electron chi connectivity index (χ1n) is 13.3. The van der Waals surface area contributed by atoms with Crippen LogP contribution in [0.4, 0.5) is 5.69 Å². The van der Waals surface area contributed by atoms with E-state index in [1.54, 1.807) is 54.6 Å². The number of anilines is 1. The van der Waals surface area contributed by atoms with Crippen LogP contribution in [0.2, 0.25) is 10.0 Å². The van der Waals surface area contributed by atoms with Crippen molar-refractivity contribution in [3.05, 3.63) is 93.5 Å². The van der Waals surface area contributed by atoms with Gasteiger partial charge in [-0.3, -0.25) is 13.9 Å². The number of halogens is 2. The second kappa shape index (κ2) is 13.3. The van der Waals surface area contributed by atoms with Gasteiger partial charge in [0.05, 0.1) is 20.6 Å². The van der Waals surface area contributed by atoms with Crippen LogP contribution in [0.1, 0.15) is 50.8 Å². The lowest BCUT2D eigenvalue weighted by Crippen LogP contribution is -2.55. The summed E-state index contributed by atoms with van der Waals surface area (Å²) >= 11 is 12.4. The minimum absolute atomic E-state index is 0.0259. The second-order valence-corrected chi connectivity index (χ2v) is 13.8. The third-order valence-electron chi connectivity index (χ3n) is 6.43. The van der Waals surface area contributed by atoms with Gasteiger partial charge in [0.15, 0.2) is 0 Å². The molecular weight excluding hydrogens is 581 g/mol. The monoisotopic (exact) mass is 617 g/mol. The number of rotatable bonds is 10. The van der Waals surface area contributed by atoms with Crippen molar-refractivity contribution in [2.24, 2.45) is 0 Å². The predicted octanol–water partition coefficient (Wildman–Crippen LogP) is 6.53. The Balaban J connectivity index is 2.08. The number of carbonyl (C=O) groups excluding carboxylic acids is 2. The quantitative estimate of drug-likeness (QED) is 0.280. The summed E-state index contributed by atoms with van der Waals surface area (Å²) in [5.41, 5.74) is 2.31. The maximum atomic E-state index is 14.1.